The van der Waals surface area contributed by atoms with Crippen molar-refractivity contribution in [1.29, 1.82) is 10.5 Å². The van der Waals surface area contributed by atoms with Crippen molar-refractivity contribution >= 4 is 43.6 Å². The summed E-state index contributed by atoms with van der Waals surface area (Å²) >= 11 is 0. The van der Waals surface area contributed by atoms with Crippen LogP contribution in [0.5, 0.6) is 0 Å². The Balaban J connectivity index is 1.28. The van der Waals surface area contributed by atoms with Gasteiger partial charge in [0, 0.05) is 21.5 Å². The van der Waals surface area contributed by atoms with Gasteiger partial charge in [0.2, 0.25) is 0 Å². The van der Waals surface area contributed by atoms with Gasteiger partial charge < -0.3 is 9.13 Å². The minimum Gasteiger partial charge on any atom is -0.308 e. The molecule has 0 aliphatic heterocycles. The zero-order valence-electron chi connectivity index (χ0n) is 36.9. The first kappa shape index (κ1) is 48.9. The first-order chi connectivity index (χ1) is 34.8. The Hall–Kier alpha value is -8.71. The van der Waals surface area contributed by atoms with E-state index in [2.05, 4.69) is 6.07 Å². The molecule has 0 aliphatic rings. The summed E-state index contributed by atoms with van der Waals surface area (Å²) in [6.45, 7) is 0. The third kappa shape index (κ3) is 8.37. The summed E-state index contributed by atoms with van der Waals surface area (Å²) in [6, 6.07) is 32.2. The van der Waals surface area contributed by atoms with Crippen LogP contribution in [-0.2, 0) is 30.9 Å². The van der Waals surface area contributed by atoms with Crippen molar-refractivity contribution < 1.29 is 65.9 Å². The lowest BCUT2D eigenvalue weighted by atomic mass is 9.95. The maximum absolute atomic E-state index is 14.5. The van der Waals surface area contributed by atoms with Crippen LogP contribution in [0, 0.1) is 22.7 Å². The molecule has 2 aromatic heterocycles. The molecule has 0 radical (unpaired) electrons. The Labute approximate surface area is 406 Å². The predicted molar refractivity (Wildman–Crippen MR) is 246 cm³/mol. The molecule has 0 N–H and O–H groups in total. The molecule has 0 bridgehead atoms. The van der Waals surface area contributed by atoms with E-state index in [1.807, 2.05) is 0 Å². The molecule has 0 unspecified atom stereocenters. The highest BCUT2D eigenvalue weighted by Crippen LogP contribution is 2.47. The first-order valence-corrected chi connectivity index (χ1v) is 21.6. The van der Waals surface area contributed by atoms with Crippen molar-refractivity contribution in [2.24, 2.45) is 0 Å². The van der Waals surface area contributed by atoms with E-state index >= 15 is 0 Å². The normalized spacial score (nSPS) is 12.8. The highest BCUT2D eigenvalue weighted by Gasteiger charge is 2.40. The standard InChI is InChI=1S/C55H25F15N4/c56-51(57,58)33-11-13-36(43(24-33)54(65,66)67)29-9-15-47-40(20-29)38-5-1-3-7-45(38)73(47)49-22-32(31-17-28(26-71)18-35(19-31)53(62,63)64)23-50(42(49)27-72)74-46-8-4-2-6-39(46)41-21-30(10-16-48(41)74)37-14-12-34(52(59,60)61)25-44(37)55(68,69)70/h1-25H. The summed E-state index contributed by atoms with van der Waals surface area (Å²) in [7, 11) is 0. The molecule has 74 heavy (non-hydrogen) atoms. The lowest BCUT2D eigenvalue weighted by Gasteiger charge is -2.19. The number of fused-ring (bicyclic) bond motifs is 6. The van der Waals surface area contributed by atoms with Gasteiger partial charge in [-0.25, -0.2) is 0 Å². The van der Waals surface area contributed by atoms with E-state index in [0.29, 0.717) is 52.1 Å². The molecule has 0 spiro atoms. The average Bonchev–Trinajstić information content (AvgIpc) is 3.86. The van der Waals surface area contributed by atoms with Crippen molar-refractivity contribution in [1.82, 2.24) is 9.13 Å². The topological polar surface area (TPSA) is 57.4 Å². The number of nitriles is 2. The number of rotatable bonds is 5. The van der Waals surface area contributed by atoms with E-state index in [4.69, 9.17) is 0 Å². The van der Waals surface area contributed by atoms with E-state index in [1.54, 1.807) is 54.6 Å². The molecular formula is C55H25F15N4. The van der Waals surface area contributed by atoms with Crippen molar-refractivity contribution in [2.45, 2.75) is 30.9 Å². The Kier molecular flexibility index (Phi) is 11.2. The van der Waals surface area contributed by atoms with Crippen LogP contribution in [0.15, 0.2) is 152 Å². The molecule has 8 aromatic carbocycles. The minimum atomic E-state index is -5.24. The molecule has 10 rings (SSSR count). The van der Waals surface area contributed by atoms with Crippen LogP contribution in [0.2, 0.25) is 0 Å². The monoisotopic (exact) mass is 1030 g/mol. The van der Waals surface area contributed by atoms with E-state index in [0.717, 1.165) is 6.07 Å². The summed E-state index contributed by atoms with van der Waals surface area (Å²) in [5, 5.41) is 22.4. The lowest BCUT2D eigenvalue weighted by molar-refractivity contribution is -0.144. The number of nitrogens with zero attached hydrogens (tertiary/aromatic N) is 4. The number of hydrogen-bond donors (Lipinski definition) is 0. The molecule has 0 fully saturated rings. The fraction of sp³-hybridized carbons (Fsp3) is 0.0909. The molecule has 0 aliphatic carbocycles. The van der Waals surface area contributed by atoms with E-state index in [1.165, 1.54) is 63.7 Å². The Bertz CT molecular complexity index is 3820. The van der Waals surface area contributed by atoms with Gasteiger partial charge >= 0.3 is 30.9 Å². The van der Waals surface area contributed by atoms with Gasteiger partial charge in [-0.3, -0.25) is 0 Å². The van der Waals surface area contributed by atoms with E-state index in [9.17, 15) is 76.4 Å². The fourth-order valence-corrected chi connectivity index (χ4v) is 9.48. The second-order valence-corrected chi connectivity index (χ2v) is 17.1. The summed E-state index contributed by atoms with van der Waals surface area (Å²) in [6.07, 6.45) is -25.7. The smallest absolute Gasteiger partial charge is 0.308 e. The Morgan fingerprint density at radius 1 is 0.324 bits per heavy atom. The van der Waals surface area contributed by atoms with Crippen LogP contribution in [-0.4, -0.2) is 9.13 Å². The number of benzene rings is 8. The van der Waals surface area contributed by atoms with Crippen LogP contribution in [0.3, 0.4) is 0 Å². The first-order valence-electron chi connectivity index (χ1n) is 21.6. The number of aromatic nitrogens is 2. The van der Waals surface area contributed by atoms with Crippen molar-refractivity contribution in [3.63, 3.8) is 0 Å². The fourth-order valence-electron chi connectivity index (χ4n) is 9.48. The SMILES string of the molecule is N#Cc1cc(-c2cc(-n3c4ccccc4c4cc(-c5ccc(C(F)(F)F)cc5C(F)(F)F)ccc43)c(C#N)c(-n3c4ccccc4c4cc(-c5ccc(C(F)(F)F)cc5C(F)(F)F)ccc43)c2)cc(C(F)(F)F)c1. The molecule has 370 valence electrons. The quantitative estimate of drug-likeness (QED) is 0.161. The van der Waals surface area contributed by atoms with Crippen LogP contribution in [0.25, 0.3) is 88.4 Å². The van der Waals surface area contributed by atoms with Crippen LogP contribution in [0.4, 0.5) is 65.9 Å². The minimum absolute atomic E-state index is 0.00447. The number of halogens is 15. The third-order valence-corrected chi connectivity index (χ3v) is 12.7. The van der Waals surface area contributed by atoms with E-state index < -0.39 is 75.4 Å². The third-order valence-electron chi connectivity index (χ3n) is 12.7. The summed E-state index contributed by atoms with van der Waals surface area (Å²) < 4.78 is 215. The van der Waals surface area contributed by atoms with E-state index in [-0.39, 0.29) is 73.1 Å². The molecule has 0 amide bonds. The molecular weight excluding hydrogens is 1000 g/mol. The van der Waals surface area contributed by atoms with Gasteiger partial charge in [0.25, 0.3) is 0 Å². The molecule has 0 atom stereocenters. The van der Waals surface area contributed by atoms with Gasteiger partial charge in [0.05, 0.1) is 72.9 Å². The maximum atomic E-state index is 14.5. The molecule has 19 heteroatoms. The maximum Gasteiger partial charge on any atom is 0.417 e. The average molecular weight is 1030 g/mol. The van der Waals surface area contributed by atoms with Gasteiger partial charge in [-0.2, -0.15) is 76.4 Å². The van der Waals surface area contributed by atoms with Crippen LogP contribution >= 0.6 is 0 Å². The second kappa shape index (κ2) is 16.9. The Morgan fingerprint density at radius 2 is 0.730 bits per heavy atom. The molecule has 10 aromatic rings. The molecule has 2 heterocycles. The highest BCUT2D eigenvalue weighted by molar-refractivity contribution is 6.12. The predicted octanol–water partition coefficient (Wildman–Crippen LogP) is 17.7. The van der Waals surface area contributed by atoms with Crippen molar-refractivity contribution in [3.8, 4) is 56.9 Å². The van der Waals surface area contributed by atoms with Crippen LogP contribution < -0.4 is 0 Å². The van der Waals surface area contributed by atoms with Gasteiger partial charge in [-0.1, -0.05) is 60.7 Å². The van der Waals surface area contributed by atoms with Crippen LogP contribution in [0.1, 0.15) is 38.9 Å². The highest BCUT2D eigenvalue weighted by atomic mass is 19.4. The zero-order chi connectivity index (χ0) is 53.0. The largest absolute Gasteiger partial charge is 0.417 e. The number of hydrogen-bond acceptors (Lipinski definition) is 2. The van der Waals surface area contributed by atoms with Gasteiger partial charge in [0.1, 0.15) is 11.6 Å². The van der Waals surface area contributed by atoms with Crippen molar-refractivity contribution in [2.75, 3.05) is 0 Å². The summed E-state index contributed by atoms with van der Waals surface area (Å²) in [5.41, 5.74) is -8.70. The molecule has 0 saturated carbocycles. The van der Waals surface area contributed by atoms with Gasteiger partial charge in [-0.15, -0.1) is 0 Å². The molecule has 0 saturated heterocycles. The summed E-state index contributed by atoms with van der Waals surface area (Å²) in [4.78, 5) is 0. The van der Waals surface area contributed by atoms with Gasteiger partial charge in [-0.05, 0) is 124 Å². The summed E-state index contributed by atoms with van der Waals surface area (Å²) in [5.74, 6) is 0. The Morgan fingerprint density at radius 3 is 1.12 bits per heavy atom. The number of para-hydroxylation sites is 2. The second-order valence-electron chi connectivity index (χ2n) is 17.1. The van der Waals surface area contributed by atoms with Crippen molar-refractivity contribution in [3.05, 3.63) is 191 Å². The molecule has 4 nitrogen and oxygen atoms in total. The number of alkyl halides is 15. The lowest BCUT2D eigenvalue weighted by Crippen LogP contribution is -2.12. The zero-order valence-corrected chi connectivity index (χ0v) is 36.9. The van der Waals surface area contributed by atoms with Gasteiger partial charge in [0.15, 0.2) is 0 Å².